The van der Waals surface area contributed by atoms with Gasteiger partial charge in [-0.3, -0.25) is 4.99 Å². The van der Waals surface area contributed by atoms with Crippen molar-refractivity contribution in [2.75, 3.05) is 20.1 Å². The minimum absolute atomic E-state index is 0.222. The van der Waals surface area contributed by atoms with Crippen molar-refractivity contribution >= 4 is 18.1 Å². The molecule has 0 aliphatic carbocycles. The van der Waals surface area contributed by atoms with Crippen LogP contribution in [0.25, 0.3) is 0 Å². The molecule has 0 saturated carbocycles. The van der Waals surface area contributed by atoms with Crippen LogP contribution in [0.4, 0.5) is 8.78 Å². The fraction of sp³-hybridized carbons (Fsp3) is 0.200. The summed E-state index contributed by atoms with van der Waals surface area (Å²) in [6.07, 6.45) is 0.975. The zero-order chi connectivity index (χ0) is 15.7. The van der Waals surface area contributed by atoms with Gasteiger partial charge in [0, 0.05) is 19.8 Å². The minimum Gasteiger partial charge on any atom is -0.437 e. The van der Waals surface area contributed by atoms with Gasteiger partial charge in [-0.15, -0.1) is 0 Å². The number of halogens is 2. The molecule has 2 aromatic rings. The second kappa shape index (κ2) is 5.84. The van der Waals surface area contributed by atoms with Gasteiger partial charge < -0.3 is 14.6 Å². The van der Waals surface area contributed by atoms with E-state index in [4.69, 9.17) is 4.74 Å². The number of amidine groups is 1. The number of pyridine rings is 1. The van der Waals surface area contributed by atoms with Gasteiger partial charge in [0.15, 0.2) is 5.82 Å². The predicted octanol–water partition coefficient (Wildman–Crippen LogP) is 3.51. The van der Waals surface area contributed by atoms with Crippen molar-refractivity contribution in [2.24, 2.45) is 4.99 Å². The Morgan fingerprint density at radius 3 is 2.82 bits per heavy atom. The molecule has 1 aromatic heterocycles. The molecule has 0 unspecified atom stereocenters. The summed E-state index contributed by atoms with van der Waals surface area (Å²) in [5.41, 5.74) is 0.741. The number of aromatic amines is 1. The summed E-state index contributed by atoms with van der Waals surface area (Å²) in [4.78, 5) is 8.84. The molecule has 0 amide bonds. The SMILES string of the molecule is CN1CCN=C1c1ccccc1Oc1[nH]cc(F)c(=S)c1F. The summed E-state index contributed by atoms with van der Waals surface area (Å²) in [7, 11) is 1.93. The smallest absolute Gasteiger partial charge is 0.235 e. The van der Waals surface area contributed by atoms with Gasteiger partial charge in [0.2, 0.25) is 11.7 Å². The molecule has 2 heterocycles. The number of hydrogen-bond acceptors (Lipinski definition) is 4. The molecule has 0 fully saturated rings. The van der Waals surface area contributed by atoms with E-state index in [2.05, 4.69) is 22.2 Å². The van der Waals surface area contributed by atoms with Crippen LogP contribution in [0.15, 0.2) is 35.5 Å². The summed E-state index contributed by atoms with van der Waals surface area (Å²) in [5.74, 6) is -0.775. The van der Waals surface area contributed by atoms with Gasteiger partial charge in [-0.05, 0) is 12.1 Å². The number of nitrogens with one attached hydrogen (secondary N) is 1. The van der Waals surface area contributed by atoms with Gasteiger partial charge >= 0.3 is 0 Å². The number of aliphatic imine (C=N–C) groups is 1. The molecular weight excluding hydrogens is 308 g/mol. The van der Waals surface area contributed by atoms with Crippen LogP contribution in [-0.2, 0) is 0 Å². The van der Waals surface area contributed by atoms with Crippen LogP contribution in [0.2, 0.25) is 0 Å². The van der Waals surface area contributed by atoms with Crippen LogP contribution in [-0.4, -0.2) is 35.9 Å². The van der Waals surface area contributed by atoms with Crippen LogP contribution < -0.4 is 4.74 Å². The molecule has 0 spiro atoms. The van der Waals surface area contributed by atoms with Crippen molar-refractivity contribution in [2.45, 2.75) is 0 Å². The summed E-state index contributed by atoms with van der Waals surface area (Å²) in [6.45, 7) is 1.52. The quantitative estimate of drug-likeness (QED) is 0.880. The van der Waals surface area contributed by atoms with E-state index in [-0.39, 0.29) is 5.88 Å². The average molecular weight is 321 g/mol. The number of para-hydroxylation sites is 1. The lowest BCUT2D eigenvalue weighted by Gasteiger charge is -2.17. The average Bonchev–Trinajstić information content (AvgIpc) is 2.94. The van der Waals surface area contributed by atoms with E-state index >= 15 is 0 Å². The highest BCUT2D eigenvalue weighted by molar-refractivity contribution is 7.71. The van der Waals surface area contributed by atoms with Gasteiger partial charge in [0.05, 0.1) is 12.1 Å². The van der Waals surface area contributed by atoms with E-state index in [0.29, 0.717) is 12.3 Å². The van der Waals surface area contributed by atoms with Crippen molar-refractivity contribution in [1.82, 2.24) is 9.88 Å². The molecule has 1 N–H and O–H groups in total. The monoisotopic (exact) mass is 321 g/mol. The van der Waals surface area contributed by atoms with Crippen LogP contribution in [0.5, 0.6) is 11.6 Å². The molecule has 1 aliphatic heterocycles. The highest BCUT2D eigenvalue weighted by Gasteiger charge is 2.20. The minimum atomic E-state index is -0.925. The number of hydrogen-bond donors (Lipinski definition) is 1. The van der Waals surface area contributed by atoms with Crippen molar-refractivity contribution in [3.63, 3.8) is 0 Å². The Kier molecular flexibility index (Phi) is 3.89. The largest absolute Gasteiger partial charge is 0.437 e. The lowest BCUT2D eigenvalue weighted by molar-refractivity contribution is 0.413. The fourth-order valence-electron chi connectivity index (χ4n) is 2.21. The Bertz CT molecular complexity index is 804. The molecule has 1 aromatic carbocycles. The third-order valence-corrected chi connectivity index (χ3v) is 3.72. The van der Waals surface area contributed by atoms with Gasteiger partial charge in [0.1, 0.15) is 16.1 Å². The fourth-order valence-corrected chi connectivity index (χ4v) is 2.37. The second-order valence-electron chi connectivity index (χ2n) is 4.83. The third kappa shape index (κ3) is 2.59. The third-order valence-electron chi connectivity index (χ3n) is 3.34. The molecule has 4 nitrogen and oxygen atoms in total. The van der Waals surface area contributed by atoms with Gasteiger partial charge in [-0.25, -0.2) is 4.39 Å². The number of benzene rings is 1. The van der Waals surface area contributed by atoms with Gasteiger partial charge in [0.25, 0.3) is 0 Å². The maximum absolute atomic E-state index is 14.0. The van der Waals surface area contributed by atoms with Crippen LogP contribution in [0.1, 0.15) is 5.56 Å². The van der Waals surface area contributed by atoms with E-state index in [1.165, 1.54) is 0 Å². The van der Waals surface area contributed by atoms with Crippen molar-refractivity contribution in [1.29, 1.82) is 0 Å². The van der Waals surface area contributed by atoms with E-state index in [1.54, 1.807) is 12.1 Å². The first-order valence-corrected chi connectivity index (χ1v) is 7.08. The highest BCUT2D eigenvalue weighted by atomic mass is 32.1. The molecule has 0 atom stereocenters. The molecule has 3 rings (SSSR count). The first kappa shape index (κ1) is 14.6. The molecular formula is C15H13F2N3OS. The van der Waals surface area contributed by atoms with Crippen molar-refractivity contribution in [3.05, 3.63) is 52.2 Å². The molecule has 0 bridgehead atoms. The zero-order valence-electron chi connectivity index (χ0n) is 11.8. The van der Waals surface area contributed by atoms with E-state index in [9.17, 15) is 8.78 Å². The summed E-state index contributed by atoms with van der Waals surface area (Å²) in [6, 6.07) is 7.15. The highest BCUT2D eigenvalue weighted by Crippen LogP contribution is 2.28. The van der Waals surface area contributed by atoms with Crippen LogP contribution >= 0.6 is 12.2 Å². The second-order valence-corrected chi connectivity index (χ2v) is 5.24. The summed E-state index contributed by atoms with van der Waals surface area (Å²) < 4.78 is 32.3. The Balaban J connectivity index is 2.01. The van der Waals surface area contributed by atoms with Gasteiger partial charge in [-0.2, -0.15) is 4.39 Å². The van der Waals surface area contributed by atoms with Crippen molar-refractivity contribution < 1.29 is 13.5 Å². The maximum atomic E-state index is 14.0. The Morgan fingerprint density at radius 1 is 1.32 bits per heavy atom. The number of aromatic nitrogens is 1. The molecule has 7 heteroatoms. The van der Waals surface area contributed by atoms with Gasteiger partial charge in [-0.1, -0.05) is 24.4 Å². The number of ether oxygens (including phenoxy) is 1. The standard InChI is InChI=1S/C15H13F2N3OS/c1-20-7-6-18-14(20)9-4-2-3-5-11(9)21-15-12(17)13(22)10(16)8-19-15/h2-5,8H,6-7H2,1H3,(H,19,22). The lowest BCUT2D eigenvalue weighted by Crippen LogP contribution is -2.23. The molecule has 0 radical (unpaired) electrons. The van der Waals surface area contributed by atoms with Crippen molar-refractivity contribution in [3.8, 4) is 11.6 Å². The van der Waals surface area contributed by atoms with Crippen LogP contribution in [0.3, 0.4) is 0 Å². The first-order chi connectivity index (χ1) is 10.6. The zero-order valence-corrected chi connectivity index (χ0v) is 12.6. The number of H-pyrrole nitrogens is 1. The molecule has 22 heavy (non-hydrogen) atoms. The lowest BCUT2D eigenvalue weighted by atomic mass is 10.1. The molecule has 114 valence electrons. The Labute approximate surface area is 131 Å². The predicted molar refractivity (Wildman–Crippen MR) is 82.1 cm³/mol. The van der Waals surface area contributed by atoms with Crippen LogP contribution in [0, 0.1) is 16.1 Å². The Hall–Kier alpha value is -2.28. The van der Waals surface area contributed by atoms with E-state index in [1.807, 2.05) is 24.1 Å². The normalized spacial score (nSPS) is 14.1. The topological polar surface area (TPSA) is 40.6 Å². The summed E-state index contributed by atoms with van der Waals surface area (Å²) in [5, 5.41) is 0. The first-order valence-electron chi connectivity index (χ1n) is 6.67. The number of nitrogens with zero attached hydrogens (tertiary/aromatic N) is 2. The number of likely N-dealkylation sites (N-methyl/N-ethyl adjacent to an activating group) is 1. The number of rotatable bonds is 3. The van der Waals surface area contributed by atoms with E-state index < -0.39 is 16.1 Å². The molecule has 0 saturated heterocycles. The summed E-state index contributed by atoms with van der Waals surface area (Å²) >= 11 is 4.68. The molecule has 1 aliphatic rings. The van der Waals surface area contributed by atoms with E-state index in [0.717, 1.165) is 24.1 Å². The Morgan fingerprint density at radius 2 is 2.09 bits per heavy atom. The maximum Gasteiger partial charge on any atom is 0.235 e.